The standard InChI is InChI=1S/C15H16F2N2O2/c1-10-4-13(7-19-6-10)21-9-11(18)8-20-12-2-3-14(16)15(17)5-12/h2-7,11H,8-9,18H2,1H3. The summed E-state index contributed by atoms with van der Waals surface area (Å²) in [5.41, 5.74) is 6.82. The van der Waals surface area contributed by atoms with Crippen LogP contribution >= 0.6 is 0 Å². The molecule has 21 heavy (non-hydrogen) atoms. The molecule has 0 saturated carbocycles. The molecule has 1 heterocycles. The van der Waals surface area contributed by atoms with Gasteiger partial charge < -0.3 is 15.2 Å². The van der Waals surface area contributed by atoms with E-state index in [-0.39, 0.29) is 19.0 Å². The third-order valence-corrected chi connectivity index (χ3v) is 2.67. The molecule has 0 aliphatic heterocycles. The highest BCUT2D eigenvalue weighted by Gasteiger charge is 2.08. The first-order valence-electron chi connectivity index (χ1n) is 6.42. The summed E-state index contributed by atoms with van der Waals surface area (Å²) in [5, 5.41) is 0. The molecular formula is C15H16F2N2O2. The maximum atomic E-state index is 13.0. The zero-order valence-electron chi connectivity index (χ0n) is 11.6. The Bertz CT molecular complexity index is 608. The lowest BCUT2D eigenvalue weighted by atomic mass is 10.3. The molecule has 4 nitrogen and oxygen atoms in total. The van der Waals surface area contributed by atoms with Crippen LogP contribution < -0.4 is 15.2 Å². The molecule has 0 saturated heterocycles. The van der Waals surface area contributed by atoms with E-state index in [4.69, 9.17) is 15.2 Å². The van der Waals surface area contributed by atoms with Gasteiger partial charge in [-0.2, -0.15) is 0 Å². The zero-order chi connectivity index (χ0) is 15.2. The van der Waals surface area contributed by atoms with E-state index in [1.54, 1.807) is 12.4 Å². The highest BCUT2D eigenvalue weighted by Crippen LogP contribution is 2.15. The third-order valence-electron chi connectivity index (χ3n) is 2.67. The van der Waals surface area contributed by atoms with Crippen LogP contribution in [0.1, 0.15) is 5.56 Å². The van der Waals surface area contributed by atoms with Crippen molar-refractivity contribution in [1.82, 2.24) is 4.98 Å². The van der Waals surface area contributed by atoms with Crippen LogP contribution in [0.3, 0.4) is 0 Å². The van der Waals surface area contributed by atoms with Gasteiger partial charge in [0.15, 0.2) is 11.6 Å². The van der Waals surface area contributed by atoms with Gasteiger partial charge in [0.05, 0.1) is 12.2 Å². The number of rotatable bonds is 6. The Morgan fingerprint density at radius 3 is 2.43 bits per heavy atom. The van der Waals surface area contributed by atoms with Crippen molar-refractivity contribution in [2.45, 2.75) is 13.0 Å². The number of nitrogens with zero attached hydrogens (tertiary/aromatic N) is 1. The van der Waals surface area contributed by atoms with E-state index in [9.17, 15) is 8.78 Å². The minimum Gasteiger partial charge on any atom is -0.492 e. The first kappa shape index (κ1) is 15.2. The lowest BCUT2D eigenvalue weighted by Gasteiger charge is -2.14. The molecule has 1 atom stereocenters. The predicted molar refractivity (Wildman–Crippen MR) is 74.3 cm³/mol. The largest absolute Gasteiger partial charge is 0.492 e. The molecule has 0 spiro atoms. The molecule has 0 bridgehead atoms. The van der Waals surface area contributed by atoms with Crippen LogP contribution in [0, 0.1) is 18.6 Å². The second kappa shape index (κ2) is 6.99. The number of halogens is 2. The van der Waals surface area contributed by atoms with Crippen LogP contribution in [0.5, 0.6) is 11.5 Å². The summed E-state index contributed by atoms with van der Waals surface area (Å²) in [4.78, 5) is 4.00. The summed E-state index contributed by atoms with van der Waals surface area (Å²) < 4.78 is 36.5. The van der Waals surface area contributed by atoms with Crippen LogP contribution in [-0.4, -0.2) is 24.2 Å². The van der Waals surface area contributed by atoms with E-state index in [0.717, 1.165) is 17.7 Å². The average Bonchev–Trinajstić information content (AvgIpc) is 2.46. The van der Waals surface area contributed by atoms with Gasteiger partial charge in [0.1, 0.15) is 24.7 Å². The quantitative estimate of drug-likeness (QED) is 0.889. The van der Waals surface area contributed by atoms with E-state index in [1.165, 1.54) is 6.07 Å². The van der Waals surface area contributed by atoms with Crippen molar-refractivity contribution >= 4 is 0 Å². The molecule has 0 radical (unpaired) electrons. The first-order valence-corrected chi connectivity index (χ1v) is 6.42. The summed E-state index contributed by atoms with van der Waals surface area (Å²) in [5.74, 6) is -1.02. The molecule has 1 unspecified atom stereocenters. The van der Waals surface area contributed by atoms with Crippen LogP contribution in [0.4, 0.5) is 8.78 Å². The van der Waals surface area contributed by atoms with Crippen molar-refractivity contribution < 1.29 is 18.3 Å². The average molecular weight is 294 g/mol. The Labute approximate surface area is 121 Å². The van der Waals surface area contributed by atoms with Gasteiger partial charge in [-0.05, 0) is 30.7 Å². The Morgan fingerprint density at radius 2 is 1.76 bits per heavy atom. The number of aryl methyl sites for hydroxylation is 1. The second-order valence-corrected chi connectivity index (χ2v) is 4.66. The van der Waals surface area contributed by atoms with Gasteiger partial charge in [-0.25, -0.2) is 8.78 Å². The fourth-order valence-electron chi connectivity index (χ4n) is 1.63. The summed E-state index contributed by atoms with van der Waals surface area (Å²) in [6, 6.07) is 4.77. The number of ether oxygens (including phenoxy) is 2. The van der Waals surface area contributed by atoms with Crippen LogP contribution in [0.2, 0.25) is 0 Å². The molecule has 6 heteroatoms. The number of benzene rings is 1. The maximum absolute atomic E-state index is 13.0. The van der Waals surface area contributed by atoms with Gasteiger partial charge in [-0.15, -0.1) is 0 Å². The SMILES string of the molecule is Cc1cncc(OCC(N)COc2ccc(F)c(F)c2)c1. The van der Waals surface area contributed by atoms with Crippen molar-refractivity contribution in [2.24, 2.45) is 5.73 Å². The fraction of sp³-hybridized carbons (Fsp3) is 0.267. The number of pyridine rings is 1. The van der Waals surface area contributed by atoms with Gasteiger partial charge in [0, 0.05) is 12.3 Å². The van der Waals surface area contributed by atoms with E-state index < -0.39 is 17.7 Å². The first-order chi connectivity index (χ1) is 10.0. The number of aromatic nitrogens is 1. The molecule has 0 aliphatic carbocycles. The normalized spacial score (nSPS) is 12.0. The topological polar surface area (TPSA) is 57.4 Å². The number of nitrogens with two attached hydrogens (primary N) is 1. The van der Waals surface area contributed by atoms with E-state index >= 15 is 0 Å². The minimum absolute atomic E-state index is 0.129. The Kier molecular flexibility index (Phi) is 5.05. The summed E-state index contributed by atoms with van der Waals surface area (Å²) in [7, 11) is 0. The van der Waals surface area contributed by atoms with E-state index in [1.807, 2.05) is 13.0 Å². The monoisotopic (exact) mass is 294 g/mol. The molecule has 0 amide bonds. The maximum Gasteiger partial charge on any atom is 0.162 e. The predicted octanol–water partition coefficient (Wildman–Crippen LogP) is 2.45. The smallest absolute Gasteiger partial charge is 0.162 e. The molecule has 1 aromatic heterocycles. The second-order valence-electron chi connectivity index (χ2n) is 4.66. The van der Waals surface area contributed by atoms with E-state index in [0.29, 0.717) is 5.75 Å². The van der Waals surface area contributed by atoms with Crippen LogP contribution in [-0.2, 0) is 0 Å². The molecule has 2 rings (SSSR count). The fourth-order valence-corrected chi connectivity index (χ4v) is 1.63. The Balaban J connectivity index is 1.79. The molecule has 112 valence electrons. The molecule has 0 fully saturated rings. The van der Waals surface area contributed by atoms with Gasteiger partial charge in [0.25, 0.3) is 0 Å². The lowest BCUT2D eigenvalue weighted by molar-refractivity contribution is 0.219. The van der Waals surface area contributed by atoms with Crippen LogP contribution in [0.15, 0.2) is 36.7 Å². The van der Waals surface area contributed by atoms with Crippen molar-refractivity contribution in [3.05, 3.63) is 53.9 Å². The Morgan fingerprint density at radius 1 is 1.05 bits per heavy atom. The third kappa shape index (κ3) is 4.68. The summed E-state index contributed by atoms with van der Waals surface area (Å²) in [6.07, 6.45) is 3.31. The Hall–Kier alpha value is -2.21. The van der Waals surface area contributed by atoms with Gasteiger partial charge >= 0.3 is 0 Å². The molecule has 0 aliphatic rings. The van der Waals surface area contributed by atoms with Gasteiger partial charge in [-0.1, -0.05) is 0 Å². The molecule has 2 N–H and O–H groups in total. The molecule has 2 aromatic rings. The molecular weight excluding hydrogens is 278 g/mol. The highest BCUT2D eigenvalue weighted by molar-refractivity contribution is 5.24. The minimum atomic E-state index is -0.955. The van der Waals surface area contributed by atoms with Crippen LogP contribution in [0.25, 0.3) is 0 Å². The van der Waals surface area contributed by atoms with Gasteiger partial charge in [0.2, 0.25) is 0 Å². The summed E-state index contributed by atoms with van der Waals surface area (Å²) >= 11 is 0. The number of hydrogen-bond donors (Lipinski definition) is 1. The lowest BCUT2D eigenvalue weighted by Crippen LogP contribution is -2.34. The summed E-state index contributed by atoms with van der Waals surface area (Å²) in [6.45, 7) is 2.27. The van der Waals surface area contributed by atoms with E-state index in [2.05, 4.69) is 4.98 Å². The van der Waals surface area contributed by atoms with Gasteiger partial charge in [-0.3, -0.25) is 4.98 Å². The number of hydrogen-bond acceptors (Lipinski definition) is 4. The van der Waals surface area contributed by atoms with Crippen molar-refractivity contribution in [1.29, 1.82) is 0 Å². The zero-order valence-corrected chi connectivity index (χ0v) is 11.6. The molecule has 1 aromatic carbocycles. The van der Waals surface area contributed by atoms with Crippen molar-refractivity contribution in [3.8, 4) is 11.5 Å². The van der Waals surface area contributed by atoms with Crippen molar-refractivity contribution in [3.63, 3.8) is 0 Å². The van der Waals surface area contributed by atoms with Crippen molar-refractivity contribution in [2.75, 3.05) is 13.2 Å². The highest BCUT2D eigenvalue weighted by atomic mass is 19.2.